The zero-order valence-electron chi connectivity index (χ0n) is 11.1. The minimum atomic E-state index is -0.339. The number of benzene rings is 1. The molecule has 0 bridgehead atoms. The summed E-state index contributed by atoms with van der Waals surface area (Å²) < 4.78 is 13.3. The van der Waals surface area contributed by atoms with Crippen molar-refractivity contribution in [1.29, 1.82) is 0 Å². The molecule has 0 spiro atoms. The van der Waals surface area contributed by atoms with Crippen LogP contribution in [0.2, 0.25) is 5.02 Å². The zero-order chi connectivity index (χ0) is 14.0. The fraction of sp³-hybridized carbons (Fsp3) is 0.286. The topological polar surface area (TPSA) is 37.8 Å². The van der Waals surface area contributed by atoms with Crippen molar-refractivity contribution in [2.45, 2.75) is 20.8 Å². The van der Waals surface area contributed by atoms with Gasteiger partial charge < -0.3 is 5.32 Å². The smallest absolute Gasteiger partial charge is 0.151 e. The number of halogens is 2. The van der Waals surface area contributed by atoms with E-state index in [0.717, 1.165) is 23.5 Å². The van der Waals surface area contributed by atoms with E-state index in [1.807, 2.05) is 20.8 Å². The second-order valence-corrected chi connectivity index (χ2v) is 4.71. The molecule has 0 unspecified atom stereocenters. The number of nitrogens with zero attached hydrogens (tertiary/aromatic N) is 2. The first kappa shape index (κ1) is 13.7. The maximum atomic E-state index is 13.3. The Bertz CT molecular complexity index is 614. The summed E-state index contributed by atoms with van der Waals surface area (Å²) in [5.41, 5.74) is 3.12. The predicted octanol–water partition coefficient (Wildman–Crippen LogP) is 3.98. The van der Waals surface area contributed by atoms with Crippen LogP contribution < -0.4 is 5.32 Å². The molecule has 1 aromatic heterocycles. The van der Waals surface area contributed by atoms with Crippen LogP contribution in [0.5, 0.6) is 0 Å². The van der Waals surface area contributed by atoms with Gasteiger partial charge in [-0.2, -0.15) is 0 Å². The van der Waals surface area contributed by atoms with Gasteiger partial charge in [-0.25, -0.2) is 4.39 Å². The fourth-order valence-corrected chi connectivity index (χ4v) is 2.08. The molecule has 0 aliphatic rings. The Balaban J connectivity index is 2.57. The standard InChI is InChI=1S/C14H15ClFN3/c1-4-17-14-9(3)8(2)13(18-19-14)11-7-10(16)5-6-12(11)15/h5-7H,4H2,1-3H3,(H,17,19). The van der Waals surface area contributed by atoms with Crippen LogP contribution in [0.4, 0.5) is 10.2 Å². The summed E-state index contributed by atoms with van der Waals surface area (Å²) in [5, 5.41) is 11.9. The molecule has 2 aromatic rings. The lowest BCUT2D eigenvalue weighted by atomic mass is 10.0. The molecule has 19 heavy (non-hydrogen) atoms. The molecule has 0 fully saturated rings. The van der Waals surface area contributed by atoms with Gasteiger partial charge in [-0.3, -0.25) is 0 Å². The van der Waals surface area contributed by atoms with Crippen LogP contribution >= 0.6 is 11.6 Å². The molecule has 1 N–H and O–H groups in total. The Morgan fingerprint density at radius 2 is 1.95 bits per heavy atom. The van der Waals surface area contributed by atoms with Crippen molar-refractivity contribution in [1.82, 2.24) is 10.2 Å². The Morgan fingerprint density at radius 1 is 1.21 bits per heavy atom. The lowest BCUT2D eigenvalue weighted by Gasteiger charge is -2.12. The van der Waals surface area contributed by atoms with E-state index in [1.54, 1.807) is 0 Å². The third kappa shape index (κ3) is 2.68. The Hall–Kier alpha value is -1.68. The molecular formula is C14H15ClFN3. The van der Waals surface area contributed by atoms with Gasteiger partial charge in [0.1, 0.15) is 5.82 Å². The van der Waals surface area contributed by atoms with E-state index < -0.39 is 0 Å². The molecule has 2 rings (SSSR count). The van der Waals surface area contributed by atoms with Gasteiger partial charge in [0.2, 0.25) is 0 Å². The quantitative estimate of drug-likeness (QED) is 0.923. The summed E-state index contributed by atoms with van der Waals surface area (Å²) in [5.74, 6) is 0.408. The largest absolute Gasteiger partial charge is 0.369 e. The monoisotopic (exact) mass is 279 g/mol. The first-order valence-corrected chi connectivity index (χ1v) is 6.45. The Morgan fingerprint density at radius 3 is 2.63 bits per heavy atom. The summed E-state index contributed by atoms with van der Waals surface area (Å²) >= 11 is 6.11. The van der Waals surface area contributed by atoms with Gasteiger partial charge in [0.25, 0.3) is 0 Å². The zero-order valence-corrected chi connectivity index (χ0v) is 11.8. The van der Waals surface area contributed by atoms with E-state index in [2.05, 4.69) is 15.5 Å². The van der Waals surface area contributed by atoms with Crippen LogP contribution in [0.15, 0.2) is 18.2 Å². The predicted molar refractivity (Wildman–Crippen MR) is 76.1 cm³/mol. The highest BCUT2D eigenvalue weighted by Gasteiger charge is 2.14. The number of hydrogen-bond donors (Lipinski definition) is 1. The Kier molecular flexibility index (Phi) is 4.00. The van der Waals surface area contributed by atoms with E-state index in [4.69, 9.17) is 11.6 Å². The average Bonchev–Trinajstić information content (AvgIpc) is 2.39. The fourth-order valence-electron chi connectivity index (χ4n) is 1.88. The van der Waals surface area contributed by atoms with Crippen LogP contribution in [-0.2, 0) is 0 Å². The van der Waals surface area contributed by atoms with Gasteiger partial charge in [-0.05, 0) is 50.1 Å². The van der Waals surface area contributed by atoms with E-state index in [-0.39, 0.29) is 5.82 Å². The summed E-state index contributed by atoms with van der Waals surface area (Å²) in [4.78, 5) is 0. The highest BCUT2D eigenvalue weighted by atomic mass is 35.5. The van der Waals surface area contributed by atoms with Gasteiger partial charge in [0.15, 0.2) is 5.82 Å². The lowest BCUT2D eigenvalue weighted by molar-refractivity contribution is 0.628. The molecule has 0 amide bonds. The molecule has 0 aliphatic heterocycles. The van der Waals surface area contributed by atoms with E-state index in [0.29, 0.717) is 16.3 Å². The highest BCUT2D eigenvalue weighted by Crippen LogP contribution is 2.31. The summed E-state index contributed by atoms with van der Waals surface area (Å²) in [6.07, 6.45) is 0. The minimum absolute atomic E-state index is 0.339. The summed E-state index contributed by atoms with van der Waals surface area (Å²) in [7, 11) is 0. The number of hydrogen-bond acceptors (Lipinski definition) is 3. The maximum absolute atomic E-state index is 13.3. The minimum Gasteiger partial charge on any atom is -0.369 e. The molecule has 3 nitrogen and oxygen atoms in total. The number of nitrogens with one attached hydrogen (secondary N) is 1. The SMILES string of the molecule is CCNc1nnc(-c2cc(F)ccc2Cl)c(C)c1C. The molecule has 5 heteroatoms. The summed E-state index contributed by atoms with van der Waals surface area (Å²) in [6, 6.07) is 4.24. The van der Waals surface area contributed by atoms with Crippen LogP contribution in [-0.4, -0.2) is 16.7 Å². The molecule has 0 aliphatic carbocycles. The van der Waals surface area contributed by atoms with Crippen molar-refractivity contribution in [3.63, 3.8) is 0 Å². The van der Waals surface area contributed by atoms with Crippen molar-refractivity contribution >= 4 is 17.4 Å². The van der Waals surface area contributed by atoms with Crippen LogP contribution in [0, 0.1) is 19.7 Å². The summed E-state index contributed by atoms with van der Waals surface area (Å²) in [6.45, 7) is 6.66. The molecule has 0 radical (unpaired) electrons. The van der Waals surface area contributed by atoms with Gasteiger partial charge in [0, 0.05) is 12.1 Å². The molecule has 1 heterocycles. The van der Waals surface area contributed by atoms with E-state index in [9.17, 15) is 4.39 Å². The van der Waals surface area contributed by atoms with Crippen molar-refractivity contribution in [3.05, 3.63) is 40.2 Å². The van der Waals surface area contributed by atoms with Crippen molar-refractivity contribution < 1.29 is 4.39 Å². The molecular weight excluding hydrogens is 265 g/mol. The van der Waals surface area contributed by atoms with Gasteiger partial charge in [0.05, 0.1) is 10.7 Å². The third-order valence-corrected chi connectivity index (χ3v) is 3.38. The molecule has 100 valence electrons. The molecule has 0 saturated heterocycles. The van der Waals surface area contributed by atoms with Crippen LogP contribution in [0.25, 0.3) is 11.3 Å². The van der Waals surface area contributed by atoms with Crippen molar-refractivity contribution in [2.24, 2.45) is 0 Å². The molecule has 0 atom stereocenters. The lowest BCUT2D eigenvalue weighted by Crippen LogP contribution is -2.06. The highest BCUT2D eigenvalue weighted by molar-refractivity contribution is 6.33. The van der Waals surface area contributed by atoms with Gasteiger partial charge in [-0.15, -0.1) is 10.2 Å². The van der Waals surface area contributed by atoms with Crippen LogP contribution in [0.3, 0.4) is 0 Å². The third-order valence-electron chi connectivity index (χ3n) is 3.05. The maximum Gasteiger partial charge on any atom is 0.151 e. The van der Waals surface area contributed by atoms with Gasteiger partial charge in [-0.1, -0.05) is 11.6 Å². The van der Waals surface area contributed by atoms with Crippen molar-refractivity contribution in [3.8, 4) is 11.3 Å². The average molecular weight is 280 g/mol. The van der Waals surface area contributed by atoms with Gasteiger partial charge >= 0.3 is 0 Å². The second kappa shape index (κ2) is 5.53. The number of aromatic nitrogens is 2. The first-order chi connectivity index (χ1) is 9.04. The molecule has 0 saturated carbocycles. The number of anilines is 1. The van der Waals surface area contributed by atoms with E-state index in [1.165, 1.54) is 18.2 Å². The normalized spacial score (nSPS) is 10.6. The first-order valence-electron chi connectivity index (χ1n) is 6.07. The van der Waals surface area contributed by atoms with E-state index >= 15 is 0 Å². The molecule has 1 aromatic carbocycles. The number of rotatable bonds is 3. The van der Waals surface area contributed by atoms with Crippen molar-refractivity contribution in [2.75, 3.05) is 11.9 Å². The second-order valence-electron chi connectivity index (χ2n) is 4.30. The van der Waals surface area contributed by atoms with Crippen LogP contribution in [0.1, 0.15) is 18.1 Å². The Labute approximate surface area is 116 Å².